The first-order chi connectivity index (χ1) is 9.20. The van der Waals surface area contributed by atoms with Gasteiger partial charge in [-0.2, -0.15) is 0 Å². The zero-order valence-electron chi connectivity index (χ0n) is 11.7. The van der Waals surface area contributed by atoms with Crippen LogP contribution in [0.15, 0.2) is 28.7 Å². The van der Waals surface area contributed by atoms with Crippen molar-refractivity contribution in [3.63, 3.8) is 0 Å². The Hall–Kier alpha value is -2.04. The van der Waals surface area contributed by atoms with Crippen molar-refractivity contribution in [2.45, 2.75) is 19.8 Å². The molecule has 19 heavy (non-hydrogen) atoms. The maximum atomic E-state index is 5.57. The maximum Gasteiger partial charge on any atom is 0.315 e. The van der Waals surface area contributed by atoms with Gasteiger partial charge in [-0.15, -0.1) is 5.10 Å². The van der Waals surface area contributed by atoms with Gasteiger partial charge in [0.2, 0.25) is 5.89 Å². The van der Waals surface area contributed by atoms with Crippen molar-refractivity contribution in [2.75, 3.05) is 30.9 Å². The minimum atomic E-state index is 0.486. The molecule has 2 rings (SSSR count). The zero-order chi connectivity index (χ0) is 13.7. The molecule has 0 saturated carbocycles. The van der Waals surface area contributed by atoms with Crippen molar-refractivity contribution < 1.29 is 4.42 Å². The highest BCUT2D eigenvalue weighted by molar-refractivity contribution is 5.59. The first-order valence-corrected chi connectivity index (χ1v) is 6.56. The van der Waals surface area contributed by atoms with Crippen LogP contribution in [-0.4, -0.2) is 30.8 Å². The lowest BCUT2D eigenvalue weighted by Gasteiger charge is -2.11. The molecule has 0 atom stereocenters. The van der Waals surface area contributed by atoms with Crippen LogP contribution >= 0.6 is 0 Å². The van der Waals surface area contributed by atoms with Gasteiger partial charge in [-0.3, -0.25) is 0 Å². The minimum absolute atomic E-state index is 0.486. The molecule has 1 N–H and O–H groups in total. The average molecular weight is 260 g/mol. The van der Waals surface area contributed by atoms with Gasteiger partial charge in [0.25, 0.3) is 0 Å². The standard InChI is InChI=1S/C14H20N4O/c1-4-5-10-15-14-17-16-13(19-14)11-6-8-12(9-7-11)18(2)3/h6-9H,4-5,10H2,1-3H3,(H,15,17). The molecule has 5 nitrogen and oxygen atoms in total. The van der Waals surface area contributed by atoms with E-state index >= 15 is 0 Å². The smallest absolute Gasteiger partial charge is 0.315 e. The van der Waals surface area contributed by atoms with E-state index in [0.717, 1.165) is 30.6 Å². The molecule has 0 saturated heterocycles. The zero-order valence-corrected chi connectivity index (χ0v) is 11.7. The van der Waals surface area contributed by atoms with Gasteiger partial charge in [-0.1, -0.05) is 18.4 Å². The van der Waals surface area contributed by atoms with Crippen LogP contribution in [0.5, 0.6) is 0 Å². The first-order valence-electron chi connectivity index (χ1n) is 6.56. The van der Waals surface area contributed by atoms with Crippen LogP contribution < -0.4 is 10.2 Å². The number of anilines is 2. The maximum absolute atomic E-state index is 5.57. The summed E-state index contributed by atoms with van der Waals surface area (Å²) in [5.41, 5.74) is 2.08. The summed E-state index contributed by atoms with van der Waals surface area (Å²) in [5, 5.41) is 11.1. The van der Waals surface area contributed by atoms with Crippen molar-refractivity contribution in [3.05, 3.63) is 24.3 Å². The van der Waals surface area contributed by atoms with Gasteiger partial charge in [0.1, 0.15) is 0 Å². The summed E-state index contributed by atoms with van der Waals surface area (Å²) in [6.07, 6.45) is 2.23. The Labute approximate surface area is 113 Å². The van der Waals surface area contributed by atoms with Gasteiger partial charge in [-0.25, -0.2) is 0 Å². The SMILES string of the molecule is CCCCNc1nnc(-c2ccc(N(C)C)cc2)o1. The van der Waals surface area contributed by atoms with E-state index < -0.39 is 0 Å². The van der Waals surface area contributed by atoms with E-state index in [1.165, 1.54) is 0 Å². The topological polar surface area (TPSA) is 54.2 Å². The number of nitrogens with zero attached hydrogens (tertiary/aromatic N) is 3. The highest BCUT2D eigenvalue weighted by Gasteiger charge is 2.08. The number of benzene rings is 1. The van der Waals surface area contributed by atoms with Gasteiger partial charge in [-0.05, 0) is 30.7 Å². The molecule has 2 aromatic rings. The Balaban J connectivity index is 2.05. The molecule has 5 heteroatoms. The molecular formula is C14H20N4O. The van der Waals surface area contributed by atoms with Crippen molar-refractivity contribution in [1.82, 2.24) is 10.2 Å². The molecule has 0 radical (unpaired) electrons. The van der Waals surface area contributed by atoms with Gasteiger partial charge >= 0.3 is 6.01 Å². The summed E-state index contributed by atoms with van der Waals surface area (Å²) in [4.78, 5) is 2.05. The van der Waals surface area contributed by atoms with Crippen LogP contribution in [0.4, 0.5) is 11.7 Å². The number of hydrogen-bond acceptors (Lipinski definition) is 5. The van der Waals surface area contributed by atoms with Gasteiger partial charge < -0.3 is 14.6 Å². The molecule has 0 bridgehead atoms. The second-order valence-electron chi connectivity index (χ2n) is 4.63. The lowest BCUT2D eigenvalue weighted by Crippen LogP contribution is -2.07. The highest BCUT2D eigenvalue weighted by Crippen LogP contribution is 2.22. The fourth-order valence-corrected chi connectivity index (χ4v) is 1.69. The Morgan fingerprint density at radius 2 is 1.89 bits per heavy atom. The van der Waals surface area contributed by atoms with Crippen LogP contribution in [0.1, 0.15) is 19.8 Å². The normalized spacial score (nSPS) is 10.5. The van der Waals surface area contributed by atoms with Crippen molar-refractivity contribution in [1.29, 1.82) is 0 Å². The third kappa shape index (κ3) is 3.47. The van der Waals surface area contributed by atoms with Gasteiger partial charge in [0.15, 0.2) is 0 Å². The van der Waals surface area contributed by atoms with Crippen LogP contribution in [0.3, 0.4) is 0 Å². The van der Waals surface area contributed by atoms with Gasteiger partial charge in [0, 0.05) is 31.9 Å². The molecule has 0 amide bonds. The lowest BCUT2D eigenvalue weighted by molar-refractivity contribution is 0.579. The summed E-state index contributed by atoms with van der Waals surface area (Å²) < 4.78 is 5.57. The molecule has 102 valence electrons. The summed E-state index contributed by atoms with van der Waals surface area (Å²) in [7, 11) is 4.02. The fraction of sp³-hybridized carbons (Fsp3) is 0.429. The second kappa shape index (κ2) is 6.22. The van der Waals surface area contributed by atoms with E-state index in [1.54, 1.807) is 0 Å². The van der Waals surface area contributed by atoms with Gasteiger partial charge in [0.05, 0.1) is 0 Å². The quantitative estimate of drug-likeness (QED) is 0.809. The Morgan fingerprint density at radius 3 is 2.53 bits per heavy atom. The number of nitrogens with one attached hydrogen (secondary N) is 1. The minimum Gasteiger partial charge on any atom is -0.403 e. The molecule has 1 aromatic carbocycles. The van der Waals surface area contributed by atoms with E-state index in [1.807, 2.05) is 38.4 Å². The molecule has 0 aliphatic carbocycles. The molecule has 0 spiro atoms. The summed E-state index contributed by atoms with van der Waals surface area (Å²) in [5.74, 6) is 0.546. The predicted octanol–water partition coefficient (Wildman–Crippen LogP) is 3.01. The summed E-state index contributed by atoms with van der Waals surface area (Å²) >= 11 is 0. The lowest BCUT2D eigenvalue weighted by atomic mass is 10.2. The van der Waals surface area contributed by atoms with Crippen molar-refractivity contribution >= 4 is 11.7 Å². The number of hydrogen-bond donors (Lipinski definition) is 1. The molecule has 0 unspecified atom stereocenters. The Morgan fingerprint density at radius 1 is 1.16 bits per heavy atom. The van der Waals surface area contributed by atoms with Crippen LogP contribution in [-0.2, 0) is 0 Å². The Kier molecular flexibility index (Phi) is 4.39. The molecule has 0 aliphatic heterocycles. The van der Waals surface area contributed by atoms with E-state index in [2.05, 4.69) is 27.3 Å². The largest absolute Gasteiger partial charge is 0.403 e. The van der Waals surface area contributed by atoms with Crippen molar-refractivity contribution in [2.24, 2.45) is 0 Å². The first kappa shape index (κ1) is 13.4. The van der Waals surface area contributed by atoms with E-state index in [9.17, 15) is 0 Å². The third-order valence-electron chi connectivity index (χ3n) is 2.86. The van der Waals surface area contributed by atoms with E-state index in [-0.39, 0.29) is 0 Å². The molecule has 1 aromatic heterocycles. The molecule has 0 fully saturated rings. The number of unbranched alkanes of at least 4 members (excludes halogenated alkanes) is 1. The monoisotopic (exact) mass is 260 g/mol. The predicted molar refractivity (Wildman–Crippen MR) is 77.5 cm³/mol. The van der Waals surface area contributed by atoms with Crippen LogP contribution in [0.2, 0.25) is 0 Å². The molecular weight excluding hydrogens is 240 g/mol. The Bertz CT molecular complexity index is 504. The number of rotatable bonds is 6. The van der Waals surface area contributed by atoms with E-state index in [4.69, 9.17) is 4.42 Å². The highest BCUT2D eigenvalue weighted by atomic mass is 16.4. The van der Waals surface area contributed by atoms with Crippen molar-refractivity contribution in [3.8, 4) is 11.5 Å². The summed E-state index contributed by atoms with van der Waals surface area (Å²) in [6.45, 7) is 3.00. The van der Waals surface area contributed by atoms with Crippen LogP contribution in [0.25, 0.3) is 11.5 Å². The molecule has 0 aliphatic rings. The molecule has 1 heterocycles. The second-order valence-corrected chi connectivity index (χ2v) is 4.63. The van der Waals surface area contributed by atoms with Crippen LogP contribution in [0, 0.1) is 0 Å². The number of aromatic nitrogens is 2. The third-order valence-corrected chi connectivity index (χ3v) is 2.86. The summed E-state index contributed by atoms with van der Waals surface area (Å²) in [6, 6.07) is 8.52. The fourth-order valence-electron chi connectivity index (χ4n) is 1.69. The average Bonchev–Trinajstić information content (AvgIpc) is 2.88. The van der Waals surface area contributed by atoms with E-state index in [0.29, 0.717) is 11.9 Å².